The molecule has 0 fully saturated rings. The molecule has 1 unspecified atom stereocenters. The maximum atomic E-state index is 10.1. The van der Waals surface area contributed by atoms with Crippen LogP contribution in [-0.2, 0) is 4.79 Å². The van der Waals surface area contributed by atoms with Crippen molar-refractivity contribution >= 4 is 12.2 Å². The Hall–Kier alpha value is -0.900. The van der Waals surface area contributed by atoms with Gasteiger partial charge in [-0.05, 0) is 6.92 Å². The smallest absolute Gasteiger partial charge is 0.311 e. The lowest BCUT2D eigenvalue weighted by Crippen LogP contribution is -2.10. The highest BCUT2D eigenvalue weighted by Crippen LogP contribution is 1.88. The Morgan fingerprint density at radius 1 is 1.80 bits per heavy atom. The van der Waals surface area contributed by atoms with E-state index in [0.717, 1.165) is 0 Å². The summed E-state index contributed by atoms with van der Waals surface area (Å²) in [6, 6.07) is 0. The maximum Gasteiger partial charge on any atom is 0.311 e. The van der Waals surface area contributed by atoms with Crippen molar-refractivity contribution in [3.05, 3.63) is 0 Å². The second kappa shape index (κ2) is 4.93. The number of rotatable bonds is 4. The van der Waals surface area contributed by atoms with E-state index in [4.69, 9.17) is 10.2 Å². The molecule has 2 N–H and O–H groups in total. The van der Waals surface area contributed by atoms with Gasteiger partial charge in [0.1, 0.15) is 0 Å². The SMILES string of the molecule is CC(C=NCCO)C(=O)O. The summed E-state index contributed by atoms with van der Waals surface area (Å²) in [5.74, 6) is -1.46. The molecule has 58 valence electrons. The fourth-order valence-electron chi connectivity index (χ4n) is 0.354. The molecule has 10 heavy (non-hydrogen) atoms. The molecule has 0 aromatic carbocycles. The van der Waals surface area contributed by atoms with Crippen LogP contribution in [0.2, 0.25) is 0 Å². The molecule has 0 saturated heterocycles. The first-order chi connectivity index (χ1) is 4.68. The normalized spacial score (nSPS) is 13.8. The van der Waals surface area contributed by atoms with E-state index in [1.54, 1.807) is 0 Å². The van der Waals surface area contributed by atoms with E-state index in [1.165, 1.54) is 13.1 Å². The Morgan fingerprint density at radius 2 is 2.40 bits per heavy atom. The van der Waals surface area contributed by atoms with Crippen LogP contribution in [-0.4, -0.2) is 35.5 Å². The first kappa shape index (κ1) is 9.10. The number of aliphatic carboxylic acids is 1. The van der Waals surface area contributed by atoms with Gasteiger partial charge in [-0.3, -0.25) is 9.79 Å². The number of hydrogen-bond donors (Lipinski definition) is 2. The fraction of sp³-hybridized carbons (Fsp3) is 0.667. The molecular weight excluding hydrogens is 134 g/mol. The first-order valence-corrected chi connectivity index (χ1v) is 3.02. The molecule has 0 aromatic rings. The Morgan fingerprint density at radius 3 is 2.80 bits per heavy atom. The van der Waals surface area contributed by atoms with Crippen molar-refractivity contribution < 1.29 is 15.0 Å². The van der Waals surface area contributed by atoms with Gasteiger partial charge in [-0.25, -0.2) is 0 Å². The van der Waals surface area contributed by atoms with Gasteiger partial charge in [0, 0.05) is 6.21 Å². The van der Waals surface area contributed by atoms with Crippen molar-refractivity contribution in [3.63, 3.8) is 0 Å². The summed E-state index contributed by atoms with van der Waals surface area (Å²) in [5.41, 5.74) is 0. The highest BCUT2D eigenvalue weighted by Gasteiger charge is 2.05. The second-order valence-corrected chi connectivity index (χ2v) is 1.91. The molecule has 0 radical (unpaired) electrons. The summed E-state index contributed by atoms with van der Waals surface area (Å²) < 4.78 is 0. The molecule has 0 saturated carbocycles. The lowest BCUT2D eigenvalue weighted by molar-refractivity contribution is -0.138. The minimum atomic E-state index is -0.901. The minimum absolute atomic E-state index is 0.0389. The van der Waals surface area contributed by atoms with Crippen molar-refractivity contribution in [2.45, 2.75) is 6.92 Å². The Bertz CT molecular complexity index is 133. The van der Waals surface area contributed by atoms with Crippen LogP contribution < -0.4 is 0 Å². The summed E-state index contributed by atoms with van der Waals surface area (Å²) in [6.45, 7) is 1.77. The van der Waals surface area contributed by atoms with E-state index in [1.807, 2.05) is 0 Å². The molecule has 0 aliphatic rings. The quantitative estimate of drug-likeness (QED) is 0.537. The van der Waals surface area contributed by atoms with Gasteiger partial charge in [-0.2, -0.15) is 0 Å². The Balaban J connectivity index is 3.55. The molecule has 0 aliphatic heterocycles. The molecular formula is C6H11NO3. The number of carbonyl (C=O) groups is 1. The lowest BCUT2D eigenvalue weighted by atomic mass is 10.2. The van der Waals surface area contributed by atoms with Crippen molar-refractivity contribution in [1.82, 2.24) is 0 Å². The van der Waals surface area contributed by atoms with Crippen molar-refractivity contribution in [2.24, 2.45) is 10.9 Å². The van der Waals surface area contributed by atoms with Crippen molar-refractivity contribution in [3.8, 4) is 0 Å². The summed E-state index contributed by atoms with van der Waals surface area (Å²) in [4.78, 5) is 13.8. The minimum Gasteiger partial charge on any atom is -0.481 e. The largest absolute Gasteiger partial charge is 0.481 e. The average Bonchev–Trinajstić information content (AvgIpc) is 1.88. The third kappa shape index (κ3) is 4.03. The molecule has 0 rings (SSSR count). The van der Waals surface area contributed by atoms with E-state index in [9.17, 15) is 4.79 Å². The predicted octanol–water partition coefficient (Wildman–Crippen LogP) is -0.230. The second-order valence-electron chi connectivity index (χ2n) is 1.91. The molecule has 1 atom stereocenters. The number of aliphatic imine (C=N–C) groups is 1. The summed E-state index contributed by atoms with van der Waals surface area (Å²) in [7, 11) is 0. The first-order valence-electron chi connectivity index (χ1n) is 3.02. The molecule has 0 aliphatic carbocycles. The van der Waals surface area contributed by atoms with Crippen molar-refractivity contribution in [1.29, 1.82) is 0 Å². The predicted molar refractivity (Wildman–Crippen MR) is 37.2 cm³/mol. The van der Waals surface area contributed by atoms with E-state index >= 15 is 0 Å². The number of carboxylic acid groups (broad SMARTS) is 1. The molecule has 0 aromatic heterocycles. The zero-order valence-corrected chi connectivity index (χ0v) is 5.82. The van der Waals surface area contributed by atoms with Gasteiger partial charge in [-0.1, -0.05) is 0 Å². The van der Waals surface area contributed by atoms with E-state index in [0.29, 0.717) is 0 Å². The van der Waals surface area contributed by atoms with Crippen LogP contribution in [0.15, 0.2) is 4.99 Å². The van der Waals surface area contributed by atoms with Crippen LogP contribution in [0.25, 0.3) is 0 Å². The van der Waals surface area contributed by atoms with Gasteiger partial charge in [0.2, 0.25) is 0 Å². The Kier molecular flexibility index (Phi) is 4.49. The summed E-state index contributed by atoms with van der Waals surface area (Å²) >= 11 is 0. The van der Waals surface area contributed by atoms with E-state index < -0.39 is 11.9 Å². The molecule has 0 amide bonds. The number of carboxylic acids is 1. The molecule has 0 bridgehead atoms. The standard InChI is InChI=1S/C6H11NO3/c1-5(6(9)10)4-7-2-3-8/h4-5,8H,2-3H2,1H3,(H,9,10). The number of nitrogens with zero attached hydrogens (tertiary/aromatic N) is 1. The van der Waals surface area contributed by atoms with Crippen LogP contribution in [0.3, 0.4) is 0 Å². The van der Waals surface area contributed by atoms with Gasteiger partial charge in [-0.15, -0.1) is 0 Å². The fourth-order valence-corrected chi connectivity index (χ4v) is 0.354. The molecule has 0 spiro atoms. The van der Waals surface area contributed by atoms with Gasteiger partial charge in [0.25, 0.3) is 0 Å². The van der Waals surface area contributed by atoms with Crippen LogP contribution in [0, 0.1) is 5.92 Å². The third-order valence-corrected chi connectivity index (χ3v) is 0.948. The maximum absolute atomic E-state index is 10.1. The van der Waals surface area contributed by atoms with Crippen LogP contribution in [0.5, 0.6) is 0 Å². The van der Waals surface area contributed by atoms with Gasteiger partial charge < -0.3 is 10.2 Å². The lowest BCUT2D eigenvalue weighted by Gasteiger charge is -1.94. The van der Waals surface area contributed by atoms with Crippen LogP contribution in [0.1, 0.15) is 6.92 Å². The highest BCUT2D eigenvalue weighted by molar-refractivity contribution is 5.87. The van der Waals surface area contributed by atoms with E-state index in [-0.39, 0.29) is 13.2 Å². The monoisotopic (exact) mass is 145 g/mol. The van der Waals surface area contributed by atoms with Gasteiger partial charge in [0.05, 0.1) is 19.1 Å². The van der Waals surface area contributed by atoms with Crippen LogP contribution >= 0.6 is 0 Å². The molecule has 4 nitrogen and oxygen atoms in total. The zero-order valence-electron chi connectivity index (χ0n) is 5.82. The summed E-state index contributed by atoms with van der Waals surface area (Å²) in [5, 5.41) is 16.6. The average molecular weight is 145 g/mol. The van der Waals surface area contributed by atoms with E-state index in [2.05, 4.69) is 4.99 Å². The number of aliphatic hydroxyl groups excluding tert-OH is 1. The van der Waals surface area contributed by atoms with Crippen LogP contribution in [0.4, 0.5) is 0 Å². The topological polar surface area (TPSA) is 69.9 Å². The number of aliphatic hydroxyl groups is 1. The van der Waals surface area contributed by atoms with Gasteiger partial charge in [0.15, 0.2) is 0 Å². The third-order valence-electron chi connectivity index (χ3n) is 0.948. The summed E-state index contributed by atoms with van der Waals surface area (Å²) in [6.07, 6.45) is 1.32. The van der Waals surface area contributed by atoms with Crippen molar-refractivity contribution in [2.75, 3.05) is 13.2 Å². The van der Waals surface area contributed by atoms with Gasteiger partial charge >= 0.3 is 5.97 Å². The Labute approximate surface area is 59.2 Å². The molecule has 4 heteroatoms. The molecule has 0 heterocycles. The number of hydrogen-bond acceptors (Lipinski definition) is 3. The highest BCUT2D eigenvalue weighted by atomic mass is 16.4. The zero-order chi connectivity index (χ0) is 7.98.